The highest BCUT2D eigenvalue weighted by Gasteiger charge is 2.15. The van der Waals surface area contributed by atoms with Gasteiger partial charge in [0, 0.05) is 26.2 Å². The van der Waals surface area contributed by atoms with Gasteiger partial charge < -0.3 is 10.1 Å². The standard InChI is InChI=1S/C12H24N2O2/c1-12(2,3)4-9-16-11(15)10-14-7-5-13-6-8-14/h13H,4-10H2,1-3H3. The summed E-state index contributed by atoms with van der Waals surface area (Å²) in [6.45, 7) is 11.2. The number of carbonyl (C=O) groups is 1. The van der Waals surface area contributed by atoms with Gasteiger partial charge in [0.25, 0.3) is 0 Å². The Hall–Kier alpha value is -0.610. The highest BCUT2D eigenvalue weighted by molar-refractivity contribution is 5.71. The number of ether oxygens (including phenoxy) is 1. The number of piperazine rings is 1. The van der Waals surface area contributed by atoms with E-state index in [2.05, 4.69) is 31.0 Å². The molecule has 0 saturated carbocycles. The first-order valence-corrected chi connectivity index (χ1v) is 6.06. The van der Waals surface area contributed by atoms with E-state index >= 15 is 0 Å². The van der Waals surface area contributed by atoms with Crippen molar-refractivity contribution in [1.29, 1.82) is 0 Å². The second-order valence-corrected chi connectivity index (χ2v) is 5.56. The predicted octanol–water partition coefficient (Wildman–Crippen LogP) is 0.871. The van der Waals surface area contributed by atoms with Crippen LogP contribution in [0.2, 0.25) is 0 Å². The fourth-order valence-corrected chi connectivity index (χ4v) is 1.57. The molecule has 0 bridgehead atoms. The molecule has 1 fully saturated rings. The predicted molar refractivity (Wildman–Crippen MR) is 64.3 cm³/mol. The molecule has 16 heavy (non-hydrogen) atoms. The number of nitrogens with zero attached hydrogens (tertiary/aromatic N) is 1. The first-order valence-electron chi connectivity index (χ1n) is 6.06. The van der Waals surface area contributed by atoms with Gasteiger partial charge in [0.1, 0.15) is 0 Å². The Kier molecular flexibility index (Phi) is 5.22. The van der Waals surface area contributed by atoms with Crippen LogP contribution in [0.25, 0.3) is 0 Å². The van der Waals surface area contributed by atoms with Crippen LogP contribution in [-0.2, 0) is 9.53 Å². The Labute approximate surface area is 98.3 Å². The average molecular weight is 228 g/mol. The van der Waals surface area contributed by atoms with E-state index in [1.54, 1.807) is 0 Å². The van der Waals surface area contributed by atoms with Crippen LogP contribution >= 0.6 is 0 Å². The van der Waals surface area contributed by atoms with Crippen LogP contribution in [0.3, 0.4) is 0 Å². The minimum Gasteiger partial charge on any atom is -0.465 e. The van der Waals surface area contributed by atoms with Crippen molar-refractivity contribution in [3.63, 3.8) is 0 Å². The Balaban J connectivity index is 2.10. The zero-order valence-electron chi connectivity index (χ0n) is 10.7. The molecule has 94 valence electrons. The van der Waals surface area contributed by atoms with Crippen molar-refractivity contribution in [1.82, 2.24) is 10.2 Å². The van der Waals surface area contributed by atoms with Gasteiger partial charge in [-0.2, -0.15) is 0 Å². The number of hydrogen-bond acceptors (Lipinski definition) is 4. The zero-order valence-corrected chi connectivity index (χ0v) is 10.7. The Morgan fingerprint density at radius 2 is 1.94 bits per heavy atom. The molecule has 1 heterocycles. The van der Waals surface area contributed by atoms with E-state index in [4.69, 9.17) is 4.74 Å². The molecule has 0 aromatic heterocycles. The minimum absolute atomic E-state index is 0.0915. The topological polar surface area (TPSA) is 41.6 Å². The first-order chi connectivity index (χ1) is 7.47. The lowest BCUT2D eigenvalue weighted by Crippen LogP contribution is -2.45. The van der Waals surface area contributed by atoms with Gasteiger partial charge in [-0.1, -0.05) is 20.8 Å². The monoisotopic (exact) mass is 228 g/mol. The van der Waals surface area contributed by atoms with Gasteiger partial charge in [0.2, 0.25) is 0 Å². The molecule has 4 nitrogen and oxygen atoms in total. The third-order valence-electron chi connectivity index (χ3n) is 2.68. The van der Waals surface area contributed by atoms with Crippen molar-refractivity contribution in [2.45, 2.75) is 27.2 Å². The van der Waals surface area contributed by atoms with Crippen molar-refractivity contribution in [3.8, 4) is 0 Å². The van der Waals surface area contributed by atoms with E-state index in [0.717, 1.165) is 32.6 Å². The summed E-state index contributed by atoms with van der Waals surface area (Å²) in [5.74, 6) is -0.0915. The molecule has 1 N–H and O–H groups in total. The second-order valence-electron chi connectivity index (χ2n) is 5.56. The van der Waals surface area contributed by atoms with Crippen molar-refractivity contribution in [3.05, 3.63) is 0 Å². The van der Waals surface area contributed by atoms with Crippen LogP contribution in [0.4, 0.5) is 0 Å². The normalized spacial score (nSPS) is 18.4. The molecule has 0 spiro atoms. The molecule has 0 amide bonds. The van der Waals surface area contributed by atoms with Crippen LogP contribution in [-0.4, -0.2) is 50.2 Å². The van der Waals surface area contributed by atoms with Gasteiger partial charge in [-0.25, -0.2) is 0 Å². The quantitative estimate of drug-likeness (QED) is 0.725. The summed E-state index contributed by atoms with van der Waals surface area (Å²) in [7, 11) is 0. The largest absolute Gasteiger partial charge is 0.465 e. The summed E-state index contributed by atoms with van der Waals surface area (Å²) >= 11 is 0. The molecule has 1 aliphatic heterocycles. The molecule has 0 atom stereocenters. The number of nitrogens with one attached hydrogen (secondary N) is 1. The number of carbonyl (C=O) groups excluding carboxylic acids is 1. The van der Waals surface area contributed by atoms with E-state index in [1.165, 1.54) is 0 Å². The molecule has 0 aromatic carbocycles. The molecular weight excluding hydrogens is 204 g/mol. The van der Waals surface area contributed by atoms with Crippen LogP contribution < -0.4 is 5.32 Å². The molecule has 1 rings (SSSR count). The van der Waals surface area contributed by atoms with Crippen molar-refractivity contribution in [2.24, 2.45) is 5.41 Å². The van der Waals surface area contributed by atoms with E-state index < -0.39 is 0 Å². The lowest BCUT2D eigenvalue weighted by molar-refractivity contribution is -0.145. The number of rotatable bonds is 4. The molecule has 1 aliphatic rings. The van der Waals surface area contributed by atoms with Gasteiger partial charge in [-0.15, -0.1) is 0 Å². The fraction of sp³-hybridized carbons (Fsp3) is 0.917. The van der Waals surface area contributed by atoms with E-state index in [9.17, 15) is 4.79 Å². The van der Waals surface area contributed by atoms with Gasteiger partial charge in [-0.3, -0.25) is 9.69 Å². The molecule has 4 heteroatoms. The maximum absolute atomic E-state index is 11.5. The van der Waals surface area contributed by atoms with E-state index in [1.807, 2.05) is 0 Å². The lowest BCUT2D eigenvalue weighted by Gasteiger charge is -2.26. The molecule has 0 radical (unpaired) electrons. The molecule has 1 saturated heterocycles. The van der Waals surface area contributed by atoms with Crippen molar-refractivity contribution in [2.75, 3.05) is 39.3 Å². The summed E-state index contributed by atoms with van der Waals surface area (Å²) in [6, 6.07) is 0. The molecule has 0 aromatic rings. The number of hydrogen-bond donors (Lipinski definition) is 1. The van der Waals surface area contributed by atoms with Gasteiger partial charge >= 0.3 is 5.97 Å². The Morgan fingerprint density at radius 3 is 2.50 bits per heavy atom. The smallest absolute Gasteiger partial charge is 0.320 e. The summed E-state index contributed by atoms with van der Waals surface area (Å²) in [6.07, 6.45) is 0.917. The maximum Gasteiger partial charge on any atom is 0.320 e. The molecule has 0 aliphatic carbocycles. The van der Waals surface area contributed by atoms with Crippen molar-refractivity contribution >= 4 is 5.97 Å². The van der Waals surface area contributed by atoms with Gasteiger partial charge in [0.15, 0.2) is 0 Å². The van der Waals surface area contributed by atoms with Crippen LogP contribution in [0.15, 0.2) is 0 Å². The molecular formula is C12H24N2O2. The Morgan fingerprint density at radius 1 is 1.31 bits per heavy atom. The maximum atomic E-state index is 11.5. The summed E-state index contributed by atoms with van der Waals surface area (Å²) in [4.78, 5) is 13.6. The lowest BCUT2D eigenvalue weighted by atomic mass is 9.93. The summed E-state index contributed by atoms with van der Waals surface area (Å²) in [5, 5.41) is 3.26. The third-order valence-corrected chi connectivity index (χ3v) is 2.68. The first kappa shape index (κ1) is 13.5. The Bertz CT molecular complexity index is 218. The van der Waals surface area contributed by atoms with Crippen LogP contribution in [0.5, 0.6) is 0 Å². The van der Waals surface area contributed by atoms with E-state index in [-0.39, 0.29) is 11.4 Å². The number of esters is 1. The van der Waals surface area contributed by atoms with Crippen molar-refractivity contribution < 1.29 is 9.53 Å². The molecule has 0 unspecified atom stereocenters. The highest BCUT2D eigenvalue weighted by atomic mass is 16.5. The summed E-state index contributed by atoms with van der Waals surface area (Å²) in [5.41, 5.74) is 0.231. The fourth-order valence-electron chi connectivity index (χ4n) is 1.57. The van der Waals surface area contributed by atoms with Crippen LogP contribution in [0.1, 0.15) is 27.2 Å². The second kappa shape index (κ2) is 6.21. The third kappa shape index (κ3) is 6.08. The summed E-state index contributed by atoms with van der Waals surface area (Å²) < 4.78 is 5.22. The SMILES string of the molecule is CC(C)(C)CCOC(=O)CN1CCNCC1. The highest BCUT2D eigenvalue weighted by Crippen LogP contribution is 2.17. The van der Waals surface area contributed by atoms with E-state index in [0.29, 0.717) is 13.2 Å². The average Bonchev–Trinajstić information content (AvgIpc) is 2.17. The van der Waals surface area contributed by atoms with Gasteiger partial charge in [0.05, 0.1) is 13.2 Å². The minimum atomic E-state index is -0.0915. The zero-order chi connectivity index (χ0) is 12.0. The van der Waals surface area contributed by atoms with Crippen LogP contribution in [0, 0.1) is 5.41 Å². The van der Waals surface area contributed by atoms with Gasteiger partial charge in [-0.05, 0) is 11.8 Å².